The monoisotopic (exact) mass is 1020 g/mol. The van der Waals surface area contributed by atoms with E-state index in [1.165, 1.54) is 7.11 Å². The Morgan fingerprint density at radius 3 is 1.31 bits per heavy atom. The van der Waals surface area contributed by atoms with Crippen LogP contribution in [0.1, 0.15) is 126 Å². The quantitative estimate of drug-likeness (QED) is 0.124. The van der Waals surface area contributed by atoms with Crippen molar-refractivity contribution in [3.05, 3.63) is 103 Å². The van der Waals surface area contributed by atoms with Gasteiger partial charge in [0.2, 0.25) is 0 Å². The molecule has 6 rings (SSSR count). The van der Waals surface area contributed by atoms with Crippen molar-refractivity contribution < 1.29 is 33.4 Å². The highest BCUT2D eigenvalue weighted by Gasteiger charge is 2.27. The molecule has 0 bridgehead atoms. The number of Topliss-reactive ketones (excluding diaryl/α,β-unsaturated/α-hetero) is 3. The van der Waals surface area contributed by atoms with Gasteiger partial charge in [0.1, 0.15) is 28.4 Å². The van der Waals surface area contributed by atoms with E-state index in [4.69, 9.17) is 4.74 Å². The van der Waals surface area contributed by atoms with E-state index >= 15 is 0 Å². The van der Waals surface area contributed by atoms with Gasteiger partial charge in [-0.1, -0.05) is 20.8 Å². The lowest BCUT2D eigenvalue weighted by Crippen LogP contribution is -2.50. The van der Waals surface area contributed by atoms with Crippen LogP contribution in [0.5, 0.6) is 0 Å². The van der Waals surface area contributed by atoms with Gasteiger partial charge < -0.3 is 29.5 Å². The number of aromatic nitrogens is 4. The Hall–Kier alpha value is -5.13. The van der Waals surface area contributed by atoms with Gasteiger partial charge in [-0.2, -0.15) is 0 Å². The number of hydrogen-bond acceptors (Lipinski definition) is 14. The second kappa shape index (κ2) is 26.1. The highest BCUT2D eigenvalue weighted by atomic mass is 79.9. The summed E-state index contributed by atoms with van der Waals surface area (Å²) in [5.41, 5.74) is 7.12. The molecule has 2 saturated heterocycles. The highest BCUT2D eigenvalue weighted by Crippen LogP contribution is 2.23. The zero-order valence-electron chi connectivity index (χ0n) is 39.6. The molecule has 6 heterocycles. The van der Waals surface area contributed by atoms with Crippen LogP contribution in [0.15, 0.2) is 57.5 Å². The van der Waals surface area contributed by atoms with Gasteiger partial charge in [-0.3, -0.25) is 14.4 Å². The Labute approximate surface area is 400 Å². The van der Waals surface area contributed by atoms with E-state index in [0.717, 1.165) is 82.4 Å². The van der Waals surface area contributed by atoms with Gasteiger partial charge in [0.25, 0.3) is 0 Å². The summed E-state index contributed by atoms with van der Waals surface area (Å²) in [6, 6.07) is 14.6. The molecule has 0 unspecified atom stereocenters. The third-order valence-electron chi connectivity index (χ3n) is 10.1. The van der Waals surface area contributed by atoms with Crippen molar-refractivity contribution in [3.8, 4) is 0 Å². The number of anilines is 2. The summed E-state index contributed by atoms with van der Waals surface area (Å²) in [6.45, 7) is 25.4. The number of carbonyl (C=O) groups excluding carboxylic acids is 5. The second-order valence-corrected chi connectivity index (χ2v) is 17.9. The average molecular weight is 1020 g/mol. The van der Waals surface area contributed by atoms with Crippen LogP contribution in [0.3, 0.4) is 0 Å². The largest absolute Gasteiger partial charge is 0.464 e. The average Bonchev–Trinajstić information content (AvgIpc) is 3.30. The van der Waals surface area contributed by atoms with Crippen LogP contribution in [-0.2, 0) is 9.47 Å². The summed E-state index contributed by atoms with van der Waals surface area (Å²) in [4.78, 5) is 80.9. The second-order valence-electron chi connectivity index (χ2n) is 16.1. The fourth-order valence-corrected chi connectivity index (χ4v) is 6.90. The fraction of sp³-hybridized carbons (Fsp3) is 0.479. The predicted octanol–water partition coefficient (Wildman–Crippen LogP) is 9.12. The third kappa shape index (κ3) is 17.0. The molecule has 0 radical (unpaired) electrons. The maximum atomic E-state index is 12.1. The first-order valence-electron chi connectivity index (χ1n) is 21.8. The minimum Gasteiger partial charge on any atom is -0.464 e. The summed E-state index contributed by atoms with van der Waals surface area (Å²) in [5, 5.41) is 3.33. The minimum atomic E-state index is -0.476. The molecule has 17 heteroatoms. The number of aryl methyl sites for hydroxylation is 4. The number of piperazine rings is 2. The van der Waals surface area contributed by atoms with Gasteiger partial charge in [0.15, 0.2) is 17.3 Å². The SMILES string of the molecule is CCC(=O)c1ccc(Br)c(C)n1.CCC(=O)c1ccc(N2CCN(C(=O)OC(C)(C)C)CC2)c(C)n1.CCC(=O)c1ccc(N2CCNCC2)c(C)n1.COC(=O)c1ccc(Br)c(C)n1. The van der Waals surface area contributed by atoms with E-state index in [1.54, 1.807) is 29.2 Å². The van der Waals surface area contributed by atoms with Crippen molar-refractivity contribution in [2.24, 2.45) is 0 Å². The van der Waals surface area contributed by atoms with E-state index in [2.05, 4.69) is 71.6 Å². The van der Waals surface area contributed by atoms with Crippen LogP contribution < -0.4 is 15.1 Å². The topological polar surface area (TPSA) is 177 Å². The zero-order chi connectivity index (χ0) is 48.4. The van der Waals surface area contributed by atoms with E-state index < -0.39 is 11.6 Å². The normalized spacial score (nSPS) is 13.5. The summed E-state index contributed by atoms with van der Waals surface area (Å²) in [7, 11) is 1.33. The van der Waals surface area contributed by atoms with Gasteiger partial charge in [-0.15, -0.1) is 0 Å². The van der Waals surface area contributed by atoms with E-state index in [9.17, 15) is 24.0 Å². The Morgan fingerprint density at radius 2 is 0.938 bits per heavy atom. The van der Waals surface area contributed by atoms with Gasteiger partial charge in [-0.05, 0) is 129 Å². The van der Waals surface area contributed by atoms with Gasteiger partial charge in [-0.25, -0.2) is 29.5 Å². The zero-order valence-corrected chi connectivity index (χ0v) is 42.8. The summed E-state index contributed by atoms with van der Waals surface area (Å²) in [5.74, 6) is -0.157. The molecule has 352 valence electrons. The van der Waals surface area contributed by atoms with Crippen LogP contribution >= 0.6 is 31.9 Å². The molecule has 0 saturated carbocycles. The molecule has 0 spiro atoms. The fourth-order valence-electron chi connectivity index (χ4n) is 6.45. The number of esters is 1. The maximum absolute atomic E-state index is 12.1. The van der Waals surface area contributed by atoms with Crippen molar-refractivity contribution in [1.82, 2.24) is 30.2 Å². The number of nitrogens with zero attached hydrogens (tertiary/aromatic N) is 7. The van der Waals surface area contributed by atoms with Crippen LogP contribution in [0, 0.1) is 27.7 Å². The molecule has 4 aromatic heterocycles. The molecule has 2 aliphatic heterocycles. The smallest absolute Gasteiger partial charge is 0.410 e. The summed E-state index contributed by atoms with van der Waals surface area (Å²) in [6.07, 6.45) is 1.22. The molecule has 2 fully saturated rings. The van der Waals surface area contributed by atoms with Crippen LogP contribution in [0.25, 0.3) is 0 Å². The minimum absolute atomic E-state index is 0.0550. The first kappa shape index (κ1) is 54.2. The maximum Gasteiger partial charge on any atom is 0.410 e. The van der Waals surface area contributed by atoms with Gasteiger partial charge in [0.05, 0.1) is 41.3 Å². The molecule has 0 aliphatic carbocycles. The first-order chi connectivity index (χ1) is 30.7. The number of rotatable bonds is 9. The van der Waals surface area contributed by atoms with Crippen molar-refractivity contribution >= 4 is 72.6 Å². The molecule has 0 atom stereocenters. The van der Waals surface area contributed by atoms with Gasteiger partial charge in [0, 0.05) is 80.6 Å². The van der Waals surface area contributed by atoms with E-state index in [1.807, 2.05) is 93.5 Å². The summed E-state index contributed by atoms with van der Waals surface area (Å²) >= 11 is 6.61. The number of ether oxygens (including phenoxy) is 2. The Kier molecular flexibility index (Phi) is 21.8. The molecule has 2 aliphatic rings. The standard InChI is InChI=1S/C18H27N3O3.C13H19N3O.C9H10BrNO.C8H8BrNO2/c1-6-16(22)14-7-8-15(13(2)19-14)20-9-11-21(12-10-20)17(23)24-18(3,4)5;1-3-13(17)11-4-5-12(10(2)15-11)16-8-6-14-7-9-16;1-3-9(12)8-5-4-7(10)6(2)11-8;1-5-6(9)3-4-7(10-5)8(11)12-2/h7-8H,6,9-12H2,1-5H3;4-5,14H,3,6-9H2,1-2H3;4-5H,3H2,1-2H3;3-4H,1-2H3. The molecular formula is C48H64Br2N8O7. The number of hydrogen-bond donors (Lipinski definition) is 1. The lowest BCUT2D eigenvalue weighted by Gasteiger charge is -2.37. The van der Waals surface area contributed by atoms with Crippen molar-refractivity contribution in [1.29, 1.82) is 0 Å². The summed E-state index contributed by atoms with van der Waals surface area (Å²) < 4.78 is 11.8. The number of nitrogens with one attached hydrogen (secondary N) is 1. The molecule has 65 heavy (non-hydrogen) atoms. The van der Waals surface area contributed by atoms with Gasteiger partial charge >= 0.3 is 12.1 Å². The van der Waals surface area contributed by atoms with Crippen LogP contribution in [0.2, 0.25) is 0 Å². The Bertz CT molecular complexity index is 2210. The van der Waals surface area contributed by atoms with Crippen molar-refractivity contribution in [3.63, 3.8) is 0 Å². The van der Waals surface area contributed by atoms with E-state index in [-0.39, 0.29) is 23.4 Å². The molecule has 4 aromatic rings. The lowest BCUT2D eigenvalue weighted by atomic mass is 10.1. The Balaban J connectivity index is 0.000000241. The number of methoxy groups -OCH3 is 1. The number of carbonyl (C=O) groups is 5. The molecular weight excluding hydrogens is 960 g/mol. The van der Waals surface area contributed by atoms with Crippen LogP contribution in [0.4, 0.5) is 16.2 Å². The molecule has 15 nitrogen and oxygen atoms in total. The molecule has 1 amide bonds. The number of amides is 1. The highest BCUT2D eigenvalue weighted by molar-refractivity contribution is 9.10. The molecule has 1 N–H and O–H groups in total. The van der Waals surface area contributed by atoms with Crippen molar-refractivity contribution in [2.45, 2.75) is 94.1 Å². The third-order valence-corrected chi connectivity index (χ3v) is 11.8. The first-order valence-corrected chi connectivity index (χ1v) is 23.4. The number of pyridine rings is 4. The lowest BCUT2D eigenvalue weighted by molar-refractivity contribution is 0.0240. The predicted molar refractivity (Wildman–Crippen MR) is 262 cm³/mol. The number of halogens is 2. The van der Waals surface area contributed by atoms with Crippen LogP contribution in [-0.4, -0.2) is 119 Å². The van der Waals surface area contributed by atoms with Crippen molar-refractivity contribution in [2.75, 3.05) is 69.3 Å². The molecule has 0 aromatic carbocycles. The van der Waals surface area contributed by atoms with E-state index in [0.29, 0.717) is 55.1 Å². The Morgan fingerprint density at radius 1 is 0.569 bits per heavy atom. The number of ketones is 3.